The molecule has 1 atom stereocenters. The van der Waals surface area contributed by atoms with Crippen LogP contribution in [0.3, 0.4) is 0 Å². The first-order valence-corrected chi connectivity index (χ1v) is 8.18. The number of aromatic nitrogens is 2. The zero-order valence-electron chi connectivity index (χ0n) is 14.7. The Bertz CT molecular complexity index is 782. The maximum absolute atomic E-state index is 12.5. The summed E-state index contributed by atoms with van der Waals surface area (Å²) in [7, 11) is 3.39. The summed E-state index contributed by atoms with van der Waals surface area (Å²) in [5.74, 6) is 0.926. The van der Waals surface area contributed by atoms with Gasteiger partial charge in [0.2, 0.25) is 11.8 Å². The molecule has 1 fully saturated rings. The summed E-state index contributed by atoms with van der Waals surface area (Å²) >= 11 is 0. The number of methoxy groups -OCH3 is 1. The van der Waals surface area contributed by atoms with E-state index in [9.17, 15) is 9.59 Å². The van der Waals surface area contributed by atoms with E-state index in [2.05, 4.69) is 10.4 Å². The van der Waals surface area contributed by atoms with Crippen LogP contribution in [0.15, 0.2) is 30.3 Å². The van der Waals surface area contributed by atoms with Crippen LogP contribution in [-0.4, -0.2) is 40.1 Å². The number of benzene rings is 1. The lowest BCUT2D eigenvalue weighted by Gasteiger charge is -2.17. The maximum atomic E-state index is 12.5. The van der Waals surface area contributed by atoms with Crippen LogP contribution in [0.4, 0.5) is 5.82 Å². The number of hydrogen-bond donors (Lipinski definition) is 1. The third-order valence-electron chi connectivity index (χ3n) is 4.37. The van der Waals surface area contributed by atoms with Crippen molar-refractivity contribution in [1.82, 2.24) is 14.7 Å². The zero-order chi connectivity index (χ0) is 18.0. The molecule has 7 nitrogen and oxygen atoms in total. The number of likely N-dealkylation sites (tertiary alicyclic amines) is 1. The Hall–Kier alpha value is -2.83. The van der Waals surface area contributed by atoms with Crippen molar-refractivity contribution in [2.75, 3.05) is 19.0 Å². The summed E-state index contributed by atoms with van der Waals surface area (Å²) in [6.45, 7) is 2.79. The molecule has 0 saturated carbocycles. The number of amides is 2. The Labute approximate surface area is 146 Å². The van der Waals surface area contributed by atoms with Crippen LogP contribution in [-0.2, 0) is 23.2 Å². The fraction of sp³-hybridized carbons (Fsp3) is 0.389. The van der Waals surface area contributed by atoms with Crippen LogP contribution in [0, 0.1) is 12.8 Å². The number of nitrogens with one attached hydrogen (secondary N) is 1. The van der Waals surface area contributed by atoms with Crippen molar-refractivity contribution in [3.63, 3.8) is 0 Å². The third-order valence-corrected chi connectivity index (χ3v) is 4.37. The molecular weight excluding hydrogens is 320 g/mol. The quantitative estimate of drug-likeness (QED) is 0.898. The van der Waals surface area contributed by atoms with Crippen LogP contribution >= 0.6 is 0 Å². The van der Waals surface area contributed by atoms with E-state index in [1.165, 1.54) is 0 Å². The summed E-state index contributed by atoms with van der Waals surface area (Å²) in [6, 6.07) is 9.40. The minimum Gasteiger partial charge on any atom is -0.497 e. The van der Waals surface area contributed by atoms with Gasteiger partial charge >= 0.3 is 0 Å². The fourth-order valence-corrected chi connectivity index (χ4v) is 3.01. The van der Waals surface area contributed by atoms with E-state index < -0.39 is 0 Å². The van der Waals surface area contributed by atoms with Crippen molar-refractivity contribution < 1.29 is 14.3 Å². The van der Waals surface area contributed by atoms with Gasteiger partial charge in [0.15, 0.2) is 0 Å². The predicted molar refractivity (Wildman–Crippen MR) is 93.1 cm³/mol. The van der Waals surface area contributed by atoms with Gasteiger partial charge < -0.3 is 15.0 Å². The number of carbonyl (C=O) groups excluding carboxylic acids is 2. The molecule has 132 valence electrons. The molecule has 25 heavy (non-hydrogen) atoms. The number of aryl methyl sites for hydroxylation is 2. The molecule has 0 spiro atoms. The Balaban J connectivity index is 1.61. The zero-order valence-corrected chi connectivity index (χ0v) is 14.7. The summed E-state index contributed by atoms with van der Waals surface area (Å²) in [5.41, 5.74) is 1.85. The molecule has 0 unspecified atom stereocenters. The van der Waals surface area contributed by atoms with Gasteiger partial charge in [-0.25, -0.2) is 0 Å². The molecule has 1 aromatic heterocycles. The van der Waals surface area contributed by atoms with Gasteiger partial charge in [0.25, 0.3) is 0 Å². The molecule has 1 saturated heterocycles. The van der Waals surface area contributed by atoms with Crippen LogP contribution in [0.5, 0.6) is 5.75 Å². The molecule has 0 radical (unpaired) electrons. The van der Waals surface area contributed by atoms with Crippen LogP contribution < -0.4 is 10.1 Å². The third kappa shape index (κ3) is 3.81. The minimum atomic E-state index is -0.346. The van der Waals surface area contributed by atoms with Gasteiger partial charge in [-0.3, -0.25) is 14.3 Å². The van der Waals surface area contributed by atoms with Crippen LogP contribution in [0.25, 0.3) is 0 Å². The molecule has 2 aromatic rings. The first kappa shape index (κ1) is 17.0. The Morgan fingerprint density at radius 2 is 2.08 bits per heavy atom. The number of hydrogen-bond acceptors (Lipinski definition) is 4. The SMILES string of the molecule is COc1ccc(CN2C[C@H](C(=O)Nc3cc(C)nn3C)CC2=O)cc1. The van der Waals surface area contributed by atoms with E-state index in [0.29, 0.717) is 18.9 Å². The molecule has 1 aliphatic heterocycles. The second-order valence-corrected chi connectivity index (χ2v) is 6.31. The number of ether oxygens (including phenoxy) is 1. The van der Waals surface area contributed by atoms with Crippen molar-refractivity contribution in [2.24, 2.45) is 13.0 Å². The highest BCUT2D eigenvalue weighted by molar-refractivity contribution is 5.96. The van der Waals surface area contributed by atoms with E-state index in [0.717, 1.165) is 17.0 Å². The Kier molecular flexibility index (Phi) is 4.74. The lowest BCUT2D eigenvalue weighted by Crippen LogP contribution is -2.28. The largest absolute Gasteiger partial charge is 0.497 e. The van der Waals surface area contributed by atoms with Gasteiger partial charge in [0.05, 0.1) is 18.7 Å². The van der Waals surface area contributed by atoms with Crippen LogP contribution in [0.1, 0.15) is 17.7 Å². The van der Waals surface area contributed by atoms with E-state index in [4.69, 9.17) is 4.74 Å². The molecule has 2 amide bonds. The number of rotatable bonds is 5. The van der Waals surface area contributed by atoms with E-state index in [1.54, 1.807) is 23.7 Å². The minimum absolute atomic E-state index is 0.00263. The average Bonchev–Trinajstić information content (AvgIpc) is 3.10. The van der Waals surface area contributed by atoms with Crippen molar-refractivity contribution >= 4 is 17.6 Å². The van der Waals surface area contributed by atoms with Crippen molar-refractivity contribution in [1.29, 1.82) is 0 Å². The second-order valence-electron chi connectivity index (χ2n) is 6.31. The predicted octanol–water partition coefficient (Wildman–Crippen LogP) is 1.72. The molecule has 0 aliphatic carbocycles. The maximum Gasteiger partial charge on any atom is 0.230 e. The highest BCUT2D eigenvalue weighted by Crippen LogP contribution is 2.23. The van der Waals surface area contributed by atoms with Gasteiger partial charge in [0, 0.05) is 32.6 Å². The molecule has 3 rings (SSSR count). The fourth-order valence-electron chi connectivity index (χ4n) is 3.01. The Morgan fingerprint density at radius 1 is 1.36 bits per heavy atom. The Morgan fingerprint density at radius 3 is 2.68 bits per heavy atom. The molecule has 1 N–H and O–H groups in total. The highest BCUT2D eigenvalue weighted by atomic mass is 16.5. The lowest BCUT2D eigenvalue weighted by atomic mass is 10.1. The van der Waals surface area contributed by atoms with Crippen molar-refractivity contribution in [2.45, 2.75) is 19.9 Å². The number of nitrogens with zero attached hydrogens (tertiary/aromatic N) is 3. The normalized spacial score (nSPS) is 17.0. The standard InChI is InChI=1S/C18H22N4O3/c1-12-8-16(21(2)20-12)19-18(24)14-9-17(23)22(11-14)10-13-4-6-15(25-3)7-5-13/h4-8,14H,9-11H2,1-3H3,(H,19,24)/t14-/m1/s1. The molecule has 7 heteroatoms. The first-order chi connectivity index (χ1) is 12.0. The summed E-state index contributed by atoms with van der Waals surface area (Å²) < 4.78 is 6.76. The van der Waals surface area contributed by atoms with Gasteiger partial charge in [-0.2, -0.15) is 5.10 Å². The summed E-state index contributed by atoms with van der Waals surface area (Å²) in [6.07, 6.45) is 0.235. The molecular formula is C18H22N4O3. The van der Waals surface area contributed by atoms with Gasteiger partial charge in [0.1, 0.15) is 11.6 Å². The average molecular weight is 342 g/mol. The highest BCUT2D eigenvalue weighted by Gasteiger charge is 2.34. The molecule has 1 aromatic carbocycles. The lowest BCUT2D eigenvalue weighted by molar-refractivity contribution is -0.128. The first-order valence-electron chi connectivity index (χ1n) is 8.18. The van der Waals surface area contributed by atoms with Gasteiger partial charge in [-0.05, 0) is 24.6 Å². The second kappa shape index (κ2) is 6.96. The van der Waals surface area contributed by atoms with E-state index in [1.807, 2.05) is 37.3 Å². The number of carbonyl (C=O) groups is 2. The summed E-state index contributed by atoms with van der Waals surface area (Å²) in [4.78, 5) is 26.4. The van der Waals surface area contributed by atoms with Crippen molar-refractivity contribution in [3.05, 3.63) is 41.6 Å². The molecule has 2 heterocycles. The smallest absolute Gasteiger partial charge is 0.230 e. The molecule has 1 aliphatic rings. The van der Waals surface area contributed by atoms with Crippen molar-refractivity contribution in [3.8, 4) is 5.75 Å². The summed E-state index contributed by atoms with van der Waals surface area (Å²) in [5, 5.41) is 7.06. The van der Waals surface area contributed by atoms with Gasteiger partial charge in [-0.15, -0.1) is 0 Å². The van der Waals surface area contributed by atoms with E-state index >= 15 is 0 Å². The monoisotopic (exact) mass is 342 g/mol. The van der Waals surface area contributed by atoms with Gasteiger partial charge in [-0.1, -0.05) is 12.1 Å². The molecule has 0 bridgehead atoms. The topological polar surface area (TPSA) is 76.5 Å². The number of anilines is 1. The van der Waals surface area contributed by atoms with Crippen LogP contribution in [0.2, 0.25) is 0 Å². The van der Waals surface area contributed by atoms with E-state index in [-0.39, 0.29) is 24.2 Å².